The summed E-state index contributed by atoms with van der Waals surface area (Å²) in [4.78, 5) is 24.0. The molecule has 0 saturated carbocycles. The van der Waals surface area contributed by atoms with Crippen LogP contribution in [0.2, 0.25) is 0 Å². The number of nitrogens with one attached hydrogen (secondary N) is 2. The number of anilines is 1. The van der Waals surface area contributed by atoms with Crippen molar-refractivity contribution < 1.29 is 27.5 Å². The molecule has 0 aliphatic carbocycles. The molecule has 0 aliphatic rings. The van der Waals surface area contributed by atoms with Crippen molar-refractivity contribution in [3.05, 3.63) is 71.8 Å². The second-order valence-electron chi connectivity index (χ2n) is 6.82. The molecule has 0 radical (unpaired) electrons. The Balaban J connectivity index is 1.55. The van der Waals surface area contributed by atoms with E-state index in [4.69, 9.17) is 4.74 Å². The van der Waals surface area contributed by atoms with E-state index in [9.17, 15) is 22.8 Å². The molecular weight excluding hydrogens is 423 g/mol. The molecule has 6 nitrogen and oxygen atoms in total. The number of benzene rings is 3. The lowest BCUT2D eigenvalue weighted by Crippen LogP contribution is -2.20. The van der Waals surface area contributed by atoms with Gasteiger partial charge in [0, 0.05) is 24.1 Å². The average molecular weight is 443 g/mol. The van der Waals surface area contributed by atoms with E-state index in [0.717, 1.165) is 22.9 Å². The number of alkyl halides is 3. The second kappa shape index (κ2) is 9.95. The zero-order valence-electron chi connectivity index (χ0n) is 17.1. The first-order valence-corrected chi connectivity index (χ1v) is 9.62. The first-order valence-electron chi connectivity index (χ1n) is 9.62. The molecule has 0 spiro atoms. The molecule has 3 aromatic rings. The van der Waals surface area contributed by atoms with E-state index in [1.165, 1.54) is 25.5 Å². The lowest BCUT2D eigenvalue weighted by atomic mass is 10.0. The van der Waals surface area contributed by atoms with E-state index in [1.807, 2.05) is 30.3 Å². The summed E-state index contributed by atoms with van der Waals surface area (Å²) >= 11 is 0. The summed E-state index contributed by atoms with van der Waals surface area (Å²) in [7, 11) is 1.53. The van der Waals surface area contributed by atoms with E-state index >= 15 is 0 Å². The molecule has 0 atom stereocenters. The second-order valence-corrected chi connectivity index (χ2v) is 6.82. The number of methoxy groups -OCH3 is 1. The highest BCUT2D eigenvalue weighted by Gasteiger charge is 2.30. The number of hydrazone groups is 1. The standard InChI is InChI=1S/C23H20F3N3O3/c1-32-20-10-9-15-5-2-3-8-18(15)19(20)14-27-29-22(31)12-11-21(30)28-17-7-4-6-16(13-17)23(24,25)26/h2-10,13-14H,11-12H2,1H3,(H,28,30)(H,29,31). The Kier molecular flexibility index (Phi) is 7.09. The first kappa shape index (κ1) is 22.8. The minimum absolute atomic E-state index is 0.00584. The molecule has 166 valence electrons. The first-order chi connectivity index (χ1) is 15.3. The zero-order valence-corrected chi connectivity index (χ0v) is 17.1. The smallest absolute Gasteiger partial charge is 0.416 e. The molecular formula is C23H20F3N3O3. The molecule has 0 bridgehead atoms. The summed E-state index contributed by atoms with van der Waals surface area (Å²) in [5, 5.41) is 8.17. The number of rotatable bonds is 7. The topological polar surface area (TPSA) is 79.8 Å². The maximum Gasteiger partial charge on any atom is 0.416 e. The fourth-order valence-electron chi connectivity index (χ4n) is 3.04. The Labute approximate surface area is 182 Å². The molecule has 2 N–H and O–H groups in total. The molecule has 0 aliphatic heterocycles. The van der Waals surface area contributed by atoms with E-state index in [-0.39, 0.29) is 18.5 Å². The lowest BCUT2D eigenvalue weighted by molar-refractivity contribution is -0.137. The summed E-state index contributed by atoms with van der Waals surface area (Å²) in [5.74, 6) is -0.513. The van der Waals surface area contributed by atoms with E-state index in [1.54, 1.807) is 6.07 Å². The molecule has 0 fully saturated rings. The van der Waals surface area contributed by atoms with Crippen LogP contribution in [0.15, 0.2) is 65.8 Å². The highest BCUT2D eigenvalue weighted by atomic mass is 19.4. The van der Waals surface area contributed by atoms with Crippen molar-refractivity contribution in [1.29, 1.82) is 0 Å². The number of halogens is 3. The van der Waals surface area contributed by atoms with Crippen molar-refractivity contribution in [3.63, 3.8) is 0 Å². The summed E-state index contributed by atoms with van der Waals surface area (Å²) in [6.07, 6.45) is -3.45. The Morgan fingerprint density at radius 1 is 1.00 bits per heavy atom. The van der Waals surface area contributed by atoms with Crippen LogP contribution in [0.4, 0.5) is 18.9 Å². The molecule has 3 aromatic carbocycles. The van der Waals surface area contributed by atoms with Gasteiger partial charge >= 0.3 is 6.18 Å². The van der Waals surface area contributed by atoms with Crippen LogP contribution in [0.25, 0.3) is 10.8 Å². The molecule has 0 aromatic heterocycles. The number of hydrogen-bond donors (Lipinski definition) is 2. The van der Waals surface area contributed by atoms with Gasteiger partial charge in [0.15, 0.2) is 0 Å². The molecule has 32 heavy (non-hydrogen) atoms. The Morgan fingerprint density at radius 2 is 1.75 bits per heavy atom. The quantitative estimate of drug-likeness (QED) is 0.409. The Morgan fingerprint density at radius 3 is 2.50 bits per heavy atom. The molecule has 0 saturated heterocycles. The highest BCUT2D eigenvalue weighted by molar-refractivity contribution is 6.02. The zero-order chi connectivity index (χ0) is 23.1. The summed E-state index contributed by atoms with van der Waals surface area (Å²) in [6.45, 7) is 0. The number of hydrogen-bond acceptors (Lipinski definition) is 4. The van der Waals surface area contributed by atoms with E-state index in [0.29, 0.717) is 11.3 Å². The summed E-state index contributed by atoms with van der Waals surface area (Å²) < 4.78 is 43.6. The molecule has 3 rings (SSSR count). The van der Waals surface area contributed by atoms with Crippen LogP contribution in [0.3, 0.4) is 0 Å². The number of nitrogens with zero attached hydrogens (tertiary/aromatic N) is 1. The SMILES string of the molecule is COc1ccc2ccccc2c1C=NNC(=O)CCC(=O)Nc1cccc(C(F)(F)F)c1. The third kappa shape index (κ3) is 5.84. The van der Waals surface area contributed by atoms with Crippen LogP contribution in [0.5, 0.6) is 5.75 Å². The van der Waals surface area contributed by atoms with Gasteiger partial charge in [-0.15, -0.1) is 0 Å². The predicted octanol–water partition coefficient (Wildman–Crippen LogP) is 4.74. The monoisotopic (exact) mass is 443 g/mol. The number of fused-ring (bicyclic) bond motifs is 1. The minimum Gasteiger partial charge on any atom is -0.496 e. The van der Waals surface area contributed by atoms with Crippen molar-refractivity contribution in [2.75, 3.05) is 12.4 Å². The van der Waals surface area contributed by atoms with Gasteiger partial charge in [-0.05, 0) is 35.0 Å². The molecule has 9 heteroatoms. The Hall–Kier alpha value is -3.88. The van der Waals surface area contributed by atoms with E-state index < -0.39 is 23.6 Å². The third-order valence-electron chi connectivity index (χ3n) is 4.59. The number of carbonyl (C=O) groups is 2. The van der Waals surface area contributed by atoms with Crippen molar-refractivity contribution >= 4 is 34.5 Å². The molecule has 0 unspecified atom stereocenters. The van der Waals surface area contributed by atoms with Crippen molar-refractivity contribution in [2.45, 2.75) is 19.0 Å². The van der Waals surface area contributed by atoms with Gasteiger partial charge in [0.2, 0.25) is 11.8 Å². The summed E-state index contributed by atoms with van der Waals surface area (Å²) in [6, 6.07) is 15.6. The van der Waals surface area contributed by atoms with Crippen LogP contribution < -0.4 is 15.5 Å². The molecule has 0 heterocycles. The largest absolute Gasteiger partial charge is 0.496 e. The third-order valence-corrected chi connectivity index (χ3v) is 4.59. The fraction of sp³-hybridized carbons (Fsp3) is 0.174. The fourth-order valence-corrected chi connectivity index (χ4v) is 3.04. The minimum atomic E-state index is -4.51. The van der Waals surface area contributed by atoms with E-state index in [2.05, 4.69) is 15.8 Å². The molecule has 2 amide bonds. The highest BCUT2D eigenvalue weighted by Crippen LogP contribution is 2.30. The van der Waals surface area contributed by atoms with Gasteiger partial charge in [0.25, 0.3) is 0 Å². The number of ether oxygens (including phenoxy) is 1. The van der Waals surface area contributed by atoms with Crippen LogP contribution in [0.1, 0.15) is 24.0 Å². The van der Waals surface area contributed by atoms with Crippen molar-refractivity contribution in [1.82, 2.24) is 5.43 Å². The van der Waals surface area contributed by atoms with Gasteiger partial charge in [-0.2, -0.15) is 18.3 Å². The maximum absolute atomic E-state index is 12.7. The van der Waals surface area contributed by atoms with Gasteiger partial charge in [-0.25, -0.2) is 5.43 Å². The van der Waals surface area contributed by atoms with Gasteiger partial charge in [0.05, 0.1) is 18.9 Å². The number of carbonyl (C=O) groups excluding carboxylic acids is 2. The number of amides is 2. The van der Waals surface area contributed by atoms with Crippen molar-refractivity contribution in [3.8, 4) is 5.75 Å². The van der Waals surface area contributed by atoms with Gasteiger partial charge in [-0.1, -0.05) is 36.4 Å². The van der Waals surface area contributed by atoms with Crippen molar-refractivity contribution in [2.24, 2.45) is 5.10 Å². The summed E-state index contributed by atoms with van der Waals surface area (Å²) in [5.41, 5.74) is 2.17. The predicted molar refractivity (Wildman–Crippen MR) is 116 cm³/mol. The lowest BCUT2D eigenvalue weighted by Gasteiger charge is -2.10. The van der Waals surface area contributed by atoms with Gasteiger partial charge in [0.1, 0.15) is 5.75 Å². The van der Waals surface area contributed by atoms with Gasteiger partial charge < -0.3 is 10.1 Å². The van der Waals surface area contributed by atoms with Crippen LogP contribution in [-0.4, -0.2) is 25.1 Å². The Bertz CT molecular complexity index is 1160. The maximum atomic E-state index is 12.7. The van der Waals surface area contributed by atoms with Crippen LogP contribution >= 0.6 is 0 Å². The van der Waals surface area contributed by atoms with Gasteiger partial charge in [-0.3, -0.25) is 9.59 Å². The normalized spacial score (nSPS) is 11.5. The van der Waals surface area contributed by atoms with Crippen LogP contribution in [-0.2, 0) is 15.8 Å². The average Bonchev–Trinajstić information content (AvgIpc) is 2.77. The van der Waals surface area contributed by atoms with Crippen LogP contribution in [0, 0.1) is 0 Å².